The lowest BCUT2D eigenvalue weighted by Gasteiger charge is -2.34. The van der Waals surface area contributed by atoms with Crippen molar-refractivity contribution in [3.8, 4) is 17.5 Å². The van der Waals surface area contributed by atoms with Crippen LogP contribution in [0.15, 0.2) is 79.0 Å². The summed E-state index contributed by atoms with van der Waals surface area (Å²) in [5.41, 5.74) is 2.71. The molecule has 0 bridgehead atoms. The Kier molecular flexibility index (Phi) is 8.07. The Morgan fingerprint density at radius 3 is 2.42 bits per heavy atom. The van der Waals surface area contributed by atoms with Crippen molar-refractivity contribution in [2.45, 2.75) is 44.5 Å². The monoisotopic (exact) mass is 663 g/mol. The van der Waals surface area contributed by atoms with Crippen LogP contribution in [0, 0.1) is 10.1 Å². The number of anilines is 1. The number of imidazole rings is 2. The molecule has 250 valence electrons. The van der Waals surface area contributed by atoms with Gasteiger partial charge in [0.2, 0.25) is 5.95 Å². The maximum absolute atomic E-state index is 12.5. The number of nitrogens with zero attached hydrogens (tertiary/aromatic N) is 6. The Hall–Kier alpha value is -5.31. The number of benzene rings is 3. The maximum atomic E-state index is 12.5. The highest BCUT2D eigenvalue weighted by Gasteiger charge is 2.47. The summed E-state index contributed by atoms with van der Waals surface area (Å²) in [6, 6.07) is 21.7. The second-order valence-electron chi connectivity index (χ2n) is 12.2. The number of nitrogens with one attached hydrogen (secondary N) is 1. The van der Waals surface area contributed by atoms with Gasteiger partial charge in [0.15, 0.2) is 5.60 Å². The third kappa shape index (κ3) is 6.86. The molecule has 5 aromatic rings. The minimum absolute atomic E-state index is 0.188. The largest absolute Gasteiger partial charge is 0.573 e. The van der Waals surface area contributed by atoms with E-state index in [9.17, 15) is 23.3 Å². The third-order valence-corrected chi connectivity index (χ3v) is 8.62. The number of fused-ring (bicyclic) bond motifs is 2. The Balaban J connectivity index is 1.02. The molecule has 0 radical (unpaired) electrons. The van der Waals surface area contributed by atoms with Crippen molar-refractivity contribution in [2.75, 3.05) is 31.1 Å². The SMILES string of the molecule is C[C@]1(C(Cc2ccccc2)Oc2ccc3nc(N4CCN(Cc5ccc(OC(F)(F)F)cc5)CC4)[nH]c3c2)Cn2cc([N+](=O)[O-])nc2O1. The van der Waals surface area contributed by atoms with Gasteiger partial charge in [-0.05, 0) is 47.2 Å². The Bertz CT molecular complexity index is 1880. The van der Waals surface area contributed by atoms with Crippen LogP contribution >= 0.6 is 0 Å². The van der Waals surface area contributed by atoms with Crippen LogP contribution in [0.3, 0.4) is 0 Å². The summed E-state index contributed by atoms with van der Waals surface area (Å²) in [7, 11) is 0. The molecule has 4 heterocycles. The van der Waals surface area contributed by atoms with Crippen molar-refractivity contribution in [3.63, 3.8) is 0 Å². The van der Waals surface area contributed by atoms with Crippen molar-refractivity contribution >= 4 is 22.8 Å². The summed E-state index contributed by atoms with van der Waals surface area (Å²) in [6.07, 6.45) is -3.25. The minimum Gasteiger partial charge on any atom is -0.486 e. The molecule has 2 aliphatic rings. The van der Waals surface area contributed by atoms with E-state index in [0.29, 0.717) is 25.3 Å². The average Bonchev–Trinajstić information content (AvgIpc) is 3.74. The van der Waals surface area contributed by atoms with Crippen molar-refractivity contribution in [3.05, 3.63) is 100 Å². The van der Waals surface area contributed by atoms with Crippen LogP contribution in [-0.2, 0) is 19.5 Å². The number of ether oxygens (including phenoxy) is 3. The van der Waals surface area contributed by atoms with Gasteiger partial charge in [0.05, 0.1) is 17.6 Å². The maximum Gasteiger partial charge on any atom is 0.573 e. The van der Waals surface area contributed by atoms with E-state index >= 15 is 0 Å². The van der Waals surface area contributed by atoms with Gasteiger partial charge >= 0.3 is 18.2 Å². The number of aromatic nitrogens is 4. The van der Waals surface area contributed by atoms with Crippen LogP contribution in [0.1, 0.15) is 18.1 Å². The summed E-state index contributed by atoms with van der Waals surface area (Å²) in [5, 5.41) is 11.2. The van der Waals surface area contributed by atoms with Crippen LogP contribution in [0.2, 0.25) is 0 Å². The quantitative estimate of drug-likeness (QED) is 0.147. The number of nitro groups is 1. The zero-order valence-electron chi connectivity index (χ0n) is 25.9. The molecule has 15 heteroatoms. The molecule has 48 heavy (non-hydrogen) atoms. The van der Waals surface area contributed by atoms with Gasteiger partial charge in [-0.3, -0.25) is 9.47 Å². The van der Waals surface area contributed by atoms with E-state index in [1.165, 1.54) is 18.3 Å². The van der Waals surface area contributed by atoms with E-state index in [1.54, 1.807) is 16.7 Å². The molecule has 1 N–H and O–H groups in total. The average molecular weight is 664 g/mol. The summed E-state index contributed by atoms with van der Waals surface area (Å²) in [6.45, 7) is 5.83. The van der Waals surface area contributed by atoms with Crippen LogP contribution in [0.25, 0.3) is 11.0 Å². The Morgan fingerprint density at radius 2 is 1.73 bits per heavy atom. The minimum atomic E-state index is -4.71. The van der Waals surface area contributed by atoms with Gasteiger partial charge < -0.3 is 34.2 Å². The number of rotatable bonds is 10. The number of hydrogen-bond donors (Lipinski definition) is 1. The number of hydrogen-bond acceptors (Lipinski definition) is 9. The predicted octanol–water partition coefficient (Wildman–Crippen LogP) is 5.73. The zero-order chi connectivity index (χ0) is 33.5. The fourth-order valence-corrected chi connectivity index (χ4v) is 6.16. The molecule has 3 aromatic carbocycles. The number of alkyl halides is 3. The molecule has 1 unspecified atom stereocenters. The van der Waals surface area contributed by atoms with Gasteiger partial charge in [-0.15, -0.1) is 13.2 Å². The van der Waals surface area contributed by atoms with Gasteiger partial charge in [0.1, 0.15) is 23.8 Å². The molecule has 12 nitrogen and oxygen atoms in total. The molecule has 2 aromatic heterocycles. The molecule has 0 aliphatic carbocycles. The Morgan fingerprint density at radius 1 is 1.00 bits per heavy atom. The number of aromatic amines is 1. The van der Waals surface area contributed by atoms with E-state index in [2.05, 4.69) is 24.5 Å². The van der Waals surface area contributed by atoms with Crippen molar-refractivity contribution < 1.29 is 32.3 Å². The highest BCUT2D eigenvalue weighted by molar-refractivity contribution is 5.79. The number of piperazine rings is 1. The summed E-state index contributed by atoms with van der Waals surface area (Å²) < 4.78 is 55.8. The normalized spacial score (nSPS) is 18.8. The molecule has 1 fully saturated rings. The second-order valence-corrected chi connectivity index (χ2v) is 12.2. The fraction of sp³-hybridized carbons (Fsp3) is 0.333. The first-order valence-electron chi connectivity index (χ1n) is 15.4. The van der Waals surface area contributed by atoms with Crippen LogP contribution in [-0.4, -0.2) is 73.6 Å². The number of H-pyrrole nitrogens is 1. The molecular formula is C33H32F3N7O5. The predicted molar refractivity (Wildman–Crippen MR) is 169 cm³/mol. The highest BCUT2D eigenvalue weighted by Crippen LogP contribution is 2.36. The second kappa shape index (κ2) is 12.4. The van der Waals surface area contributed by atoms with Crippen LogP contribution < -0.4 is 19.1 Å². The molecule has 7 rings (SSSR count). The molecule has 2 atom stereocenters. The highest BCUT2D eigenvalue weighted by atomic mass is 19.4. The van der Waals surface area contributed by atoms with E-state index < -0.39 is 23.0 Å². The molecule has 0 saturated carbocycles. The topological polar surface area (TPSA) is 124 Å². The van der Waals surface area contributed by atoms with Gasteiger partial charge in [0, 0.05) is 50.2 Å². The van der Waals surface area contributed by atoms with E-state index in [0.717, 1.165) is 54.3 Å². The summed E-state index contributed by atoms with van der Waals surface area (Å²) in [4.78, 5) is 27.4. The van der Waals surface area contributed by atoms with Gasteiger partial charge in [0.25, 0.3) is 0 Å². The zero-order valence-corrected chi connectivity index (χ0v) is 25.9. The fourth-order valence-electron chi connectivity index (χ4n) is 6.16. The molecule has 2 aliphatic heterocycles. The lowest BCUT2D eigenvalue weighted by molar-refractivity contribution is -0.389. The smallest absolute Gasteiger partial charge is 0.486 e. The summed E-state index contributed by atoms with van der Waals surface area (Å²) in [5.74, 6) is 0.871. The molecule has 1 saturated heterocycles. The number of halogens is 3. The van der Waals surface area contributed by atoms with E-state index in [1.807, 2.05) is 55.5 Å². The van der Waals surface area contributed by atoms with Crippen molar-refractivity contribution in [2.24, 2.45) is 0 Å². The molecule has 0 amide bonds. The third-order valence-electron chi connectivity index (χ3n) is 8.62. The van der Waals surface area contributed by atoms with Crippen molar-refractivity contribution in [1.29, 1.82) is 0 Å². The first-order valence-corrected chi connectivity index (χ1v) is 15.4. The standard InChI is InChI=1S/C33H32F3N7O5/c1-32(21-42-20-29(43(44)45)39-31(42)48-32)28(17-22-5-3-2-4-6-22)46-25-11-12-26-27(18-25)38-30(37-26)41-15-13-40(14-16-41)19-23-7-9-24(10-8-23)47-33(34,35)36/h2-12,18,20,28H,13-17,19,21H2,1H3,(H,37,38)/t28?,32-/m1/s1. The lowest BCUT2D eigenvalue weighted by Crippen LogP contribution is -2.49. The first kappa shape index (κ1) is 31.3. The van der Waals surface area contributed by atoms with Gasteiger partial charge in [-0.25, -0.2) is 4.98 Å². The van der Waals surface area contributed by atoms with E-state index in [-0.39, 0.29) is 17.6 Å². The molecule has 0 spiro atoms. The van der Waals surface area contributed by atoms with Gasteiger partial charge in [-0.1, -0.05) is 42.5 Å². The Labute approximate surface area is 272 Å². The van der Waals surface area contributed by atoms with E-state index in [4.69, 9.17) is 14.5 Å². The van der Waals surface area contributed by atoms with Crippen LogP contribution in [0.5, 0.6) is 17.5 Å². The first-order chi connectivity index (χ1) is 23.0. The molecular weight excluding hydrogens is 631 g/mol. The van der Waals surface area contributed by atoms with Crippen molar-refractivity contribution in [1.82, 2.24) is 24.4 Å². The summed E-state index contributed by atoms with van der Waals surface area (Å²) >= 11 is 0. The van der Waals surface area contributed by atoms with Crippen LogP contribution in [0.4, 0.5) is 24.9 Å². The lowest BCUT2D eigenvalue weighted by atomic mass is 9.93. The van der Waals surface area contributed by atoms with Gasteiger partial charge in [-0.2, -0.15) is 0 Å².